The fourth-order valence-electron chi connectivity index (χ4n) is 2.27. The summed E-state index contributed by atoms with van der Waals surface area (Å²) in [5.74, 6) is -9.44. The summed E-state index contributed by atoms with van der Waals surface area (Å²) >= 11 is 0. The summed E-state index contributed by atoms with van der Waals surface area (Å²) in [6.45, 7) is 0. The van der Waals surface area contributed by atoms with Crippen LogP contribution in [0.15, 0.2) is 0 Å². The van der Waals surface area contributed by atoms with Crippen molar-refractivity contribution in [2.24, 2.45) is 0 Å². The van der Waals surface area contributed by atoms with Crippen LogP contribution < -0.4 is 5.32 Å². The molecule has 1 saturated carbocycles. The molecule has 1 heterocycles. The molecule has 1 amide bonds. The minimum absolute atomic E-state index is 0.000417. The van der Waals surface area contributed by atoms with Crippen molar-refractivity contribution >= 4 is 5.91 Å². The third-order valence-electron chi connectivity index (χ3n) is 3.16. The van der Waals surface area contributed by atoms with Gasteiger partial charge in [0, 0.05) is 6.42 Å². The van der Waals surface area contributed by atoms with Crippen LogP contribution >= 0.6 is 0 Å². The maximum absolute atomic E-state index is 13.4. The third-order valence-corrected chi connectivity index (χ3v) is 3.16. The van der Waals surface area contributed by atoms with Gasteiger partial charge in [0.2, 0.25) is 0 Å². The average molecular weight is 227 g/mol. The number of alkyl halides is 4. The van der Waals surface area contributed by atoms with Gasteiger partial charge in [-0.1, -0.05) is 0 Å². The van der Waals surface area contributed by atoms with E-state index in [9.17, 15) is 27.5 Å². The molecular weight excluding hydrogens is 218 g/mol. The first-order valence-electron chi connectivity index (χ1n) is 4.50. The highest BCUT2D eigenvalue weighted by Gasteiger charge is 2.74. The van der Waals surface area contributed by atoms with Crippen molar-refractivity contribution in [3.8, 4) is 0 Å². The van der Waals surface area contributed by atoms with Crippen molar-refractivity contribution in [3.63, 3.8) is 0 Å². The Morgan fingerprint density at radius 2 is 1.87 bits per heavy atom. The van der Waals surface area contributed by atoms with Crippen LogP contribution in [0.1, 0.15) is 19.3 Å². The second-order valence-corrected chi connectivity index (χ2v) is 4.01. The number of amides is 1. The van der Waals surface area contributed by atoms with Crippen LogP contribution in [0.25, 0.3) is 0 Å². The van der Waals surface area contributed by atoms with Gasteiger partial charge in [0.15, 0.2) is 6.10 Å². The van der Waals surface area contributed by atoms with E-state index in [1.165, 1.54) is 0 Å². The summed E-state index contributed by atoms with van der Waals surface area (Å²) in [4.78, 5) is 10.8. The number of aliphatic hydroxyl groups is 1. The predicted octanol–water partition coefficient (Wildman–Crippen LogP) is 0.670. The van der Waals surface area contributed by atoms with Gasteiger partial charge in [0.1, 0.15) is 5.54 Å². The molecule has 2 aliphatic rings. The summed E-state index contributed by atoms with van der Waals surface area (Å²) < 4.78 is 52.7. The van der Waals surface area contributed by atoms with Crippen molar-refractivity contribution in [2.75, 3.05) is 0 Å². The first-order valence-corrected chi connectivity index (χ1v) is 4.50. The molecule has 2 rings (SSSR count). The molecule has 0 bridgehead atoms. The molecule has 3 nitrogen and oxygen atoms in total. The minimum Gasteiger partial charge on any atom is -0.384 e. The van der Waals surface area contributed by atoms with Crippen molar-refractivity contribution in [3.05, 3.63) is 0 Å². The van der Waals surface area contributed by atoms with Gasteiger partial charge in [-0.05, 0) is 12.8 Å². The van der Waals surface area contributed by atoms with Crippen LogP contribution in [0.5, 0.6) is 0 Å². The van der Waals surface area contributed by atoms with Crippen molar-refractivity contribution in [1.82, 2.24) is 5.32 Å². The molecule has 1 spiro atoms. The van der Waals surface area contributed by atoms with Gasteiger partial charge < -0.3 is 10.4 Å². The number of nitrogens with one attached hydrogen (secondary N) is 1. The number of halogens is 4. The molecule has 1 saturated heterocycles. The van der Waals surface area contributed by atoms with E-state index >= 15 is 0 Å². The monoisotopic (exact) mass is 227 g/mol. The Balaban J connectivity index is 2.44. The third kappa shape index (κ3) is 1.07. The van der Waals surface area contributed by atoms with Gasteiger partial charge >= 0.3 is 5.92 Å². The Morgan fingerprint density at radius 1 is 1.27 bits per heavy atom. The molecule has 0 aromatic heterocycles. The van der Waals surface area contributed by atoms with Crippen molar-refractivity contribution in [1.29, 1.82) is 0 Å². The van der Waals surface area contributed by atoms with E-state index in [4.69, 9.17) is 0 Å². The largest absolute Gasteiger partial charge is 0.384 e. The lowest BCUT2D eigenvalue weighted by Crippen LogP contribution is -2.59. The smallest absolute Gasteiger partial charge is 0.352 e. The number of carbonyl (C=O) groups is 1. The highest BCUT2D eigenvalue weighted by atomic mass is 19.3. The molecule has 15 heavy (non-hydrogen) atoms. The standard InChI is InChI=1S/C8H9F4NO2/c9-7(10)3-1-2-6(7)4(14)8(11,12)5(15)13-6/h4,14H,1-3H2,(H,13,15). The summed E-state index contributed by atoms with van der Waals surface area (Å²) in [5.41, 5.74) is -2.48. The molecule has 86 valence electrons. The number of aliphatic hydroxyl groups excluding tert-OH is 1. The lowest BCUT2D eigenvalue weighted by molar-refractivity contribution is -0.162. The van der Waals surface area contributed by atoms with Gasteiger partial charge in [0.25, 0.3) is 11.8 Å². The molecule has 2 atom stereocenters. The van der Waals surface area contributed by atoms with Gasteiger partial charge in [-0.15, -0.1) is 0 Å². The van der Waals surface area contributed by atoms with Gasteiger partial charge in [0.05, 0.1) is 0 Å². The minimum atomic E-state index is -4.13. The van der Waals surface area contributed by atoms with Crippen LogP contribution in [0.3, 0.4) is 0 Å². The molecule has 2 fully saturated rings. The molecule has 1 aliphatic carbocycles. The van der Waals surface area contributed by atoms with E-state index in [0.29, 0.717) is 0 Å². The first-order chi connectivity index (χ1) is 6.74. The molecule has 2 N–H and O–H groups in total. The SMILES string of the molecule is O=C1NC2(CCCC2(F)F)C(O)C1(F)F. The fourth-order valence-corrected chi connectivity index (χ4v) is 2.27. The molecule has 0 aromatic rings. The van der Waals surface area contributed by atoms with Crippen LogP contribution in [-0.4, -0.2) is 34.5 Å². The Kier molecular flexibility index (Phi) is 1.87. The summed E-state index contributed by atoms with van der Waals surface area (Å²) in [7, 11) is 0. The predicted molar refractivity (Wildman–Crippen MR) is 40.6 cm³/mol. The van der Waals surface area contributed by atoms with E-state index in [-0.39, 0.29) is 12.8 Å². The van der Waals surface area contributed by atoms with Gasteiger partial charge in [-0.2, -0.15) is 8.78 Å². The van der Waals surface area contributed by atoms with E-state index in [1.54, 1.807) is 5.32 Å². The highest BCUT2D eigenvalue weighted by Crippen LogP contribution is 2.51. The zero-order chi connectivity index (χ0) is 11.5. The Bertz CT molecular complexity index is 320. The topological polar surface area (TPSA) is 49.3 Å². The summed E-state index contributed by atoms with van der Waals surface area (Å²) in [5, 5.41) is 10.8. The second kappa shape index (κ2) is 2.63. The Hall–Kier alpha value is -0.850. The molecule has 0 aromatic carbocycles. The Labute approximate surface area is 82.4 Å². The van der Waals surface area contributed by atoms with Crippen LogP contribution in [0, 0.1) is 0 Å². The van der Waals surface area contributed by atoms with E-state index in [0.717, 1.165) is 0 Å². The molecule has 7 heteroatoms. The highest BCUT2D eigenvalue weighted by molar-refractivity contribution is 5.88. The maximum atomic E-state index is 13.4. The van der Waals surface area contributed by atoms with Crippen LogP contribution in [0.4, 0.5) is 17.6 Å². The molecule has 1 aliphatic heterocycles. The number of carbonyl (C=O) groups excluding carboxylic acids is 1. The molecule has 2 unspecified atom stereocenters. The number of hydrogen-bond acceptors (Lipinski definition) is 2. The number of rotatable bonds is 0. The quantitative estimate of drug-likeness (QED) is 0.597. The normalized spacial score (nSPS) is 42.2. The number of hydrogen-bond donors (Lipinski definition) is 2. The van der Waals surface area contributed by atoms with Crippen molar-refractivity contribution in [2.45, 2.75) is 42.8 Å². The van der Waals surface area contributed by atoms with Crippen LogP contribution in [0.2, 0.25) is 0 Å². The lowest BCUT2D eigenvalue weighted by atomic mass is 9.88. The van der Waals surface area contributed by atoms with E-state index < -0.39 is 35.8 Å². The second-order valence-electron chi connectivity index (χ2n) is 4.01. The van der Waals surface area contributed by atoms with Gasteiger partial charge in [-0.3, -0.25) is 4.79 Å². The molecular formula is C8H9F4NO2. The van der Waals surface area contributed by atoms with Crippen LogP contribution in [-0.2, 0) is 4.79 Å². The zero-order valence-corrected chi connectivity index (χ0v) is 7.57. The summed E-state index contributed by atoms with van der Waals surface area (Å²) in [6, 6.07) is 0. The van der Waals surface area contributed by atoms with Gasteiger partial charge in [-0.25, -0.2) is 8.78 Å². The average Bonchev–Trinajstić information content (AvgIpc) is 2.48. The van der Waals surface area contributed by atoms with E-state index in [1.807, 2.05) is 0 Å². The maximum Gasteiger partial charge on any atom is 0.352 e. The fraction of sp³-hybridized carbons (Fsp3) is 0.875. The van der Waals surface area contributed by atoms with Crippen molar-refractivity contribution < 1.29 is 27.5 Å². The zero-order valence-electron chi connectivity index (χ0n) is 7.57. The van der Waals surface area contributed by atoms with E-state index in [2.05, 4.69) is 0 Å². The first kappa shape index (κ1) is 10.7. The molecule has 0 radical (unpaired) electrons. The Morgan fingerprint density at radius 3 is 2.20 bits per heavy atom. The summed E-state index contributed by atoms with van der Waals surface area (Å²) in [6.07, 6.45) is -3.58. The lowest BCUT2D eigenvalue weighted by Gasteiger charge is -2.33.